The number of anilines is 1. The highest BCUT2D eigenvalue weighted by Crippen LogP contribution is 2.11. The lowest BCUT2D eigenvalue weighted by atomic mass is 10.2. The molecule has 8 nitrogen and oxygen atoms in total. The lowest BCUT2D eigenvalue weighted by Crippen LogP contribution is -2.45. The molecular formula is C24H42N6O2. The first kappa shape index (κ1) is 26.1. The number of ether oxygens (including phenoxy) is 1. The maximum Gasteiger partial charge on any atom is 0.225 e. The summed E-state index contributed by atoms with van der Waals surface area (Å²) in [7, 11) is 1.78. The van der Waals surface area contributed by atoms with Crippen molar-refractivity contribution in [3.63, 3.8) is 0 Å². The summed E-state index contributed by atoms with van der Waals surface area (Å²) >= 11 is 0. The van der Waals surface area contributed by atoms with E-state index in [1.807, 2.05) is 24.3 Å². The van der Waals surface area contributed by atoms with Gasteiger partial charge in [-0.1, -0.05) is 12.1 Å². The predicted molar refractivity (Wildman–Crippen MR) is 132 cm³/mol. The number of carbonyl (C=O) groups excluding carboxylic acids is 1. The SMILES string of the molecule is CN=C(NCCN(C(C)C)C(C)C)NCc1cccc(NC(=O)CCN2CCOCC2)c1. The number of nitrogens with one attached hydrogen (secondary N) is 3. The number of benzene rings is 1. The first-order valence-corrected chi connectivity index (χ1v) is 11.8. The van der Waals surface area contributed by atoms with E-state index < -0.39 is 0 Å². The van der Waals surface area contributed by atoms with Gasteiger partial charge in [-0.15, -0.1) is 0 Å². The van der Waals surface area contributed by atoms with Gasteiger partial charge in [0, 0.05) is 70.5 Å². The summed E-state index contributed by atoms with van der Waals surface area (Å²) in [6.45, 7) is 15.4. The molecule has 0 atom stereocenters. The molecule has 1 heterocycles. The second-order valence-corrected chi connectivity index (χ2v) is 8.73. The molecule has 1 saturated heterocycles. The van der Waals surface area contributed by atoms with Crippen molar-refractivity contribution in [1.29, 1.82) is 0 Å². The molecule has 8 heteroatoms. The van der Waals surface area contributed by atoms with E-state index in [2.05, 4.69) is 58.4 Å². The van der Waals surface area contributed by atoms with Gasteiger partial charge in [-0.25, -0.2) is 0 Å². The minimum atomic E-state index is 0.0407. The maximum absolute atomic E-state index is 12.3. The van der Waals surface area contributed by atoms with Gasteiger partial charge in [0.2, 0.25) is 5.91 Å². The third-order valence-corrected chi connectivity index (χ3v) is 5.64. The first-order valence-electron chi connectivity index (χ1n) is 11.8. The lowest BCUT2D eigenvalue weighted by Gasteiger charge is -2.30. The van der Waals surface area contributed by atoms with Crippen LogP contribution in [-0.2, 0) is 16.1 Å². The Hall–Kier alpha value is -2.16. The first-order chi connectivity index (χ1) is 15.4. The van der Waals surface area contributed by atoms with E-state index in [0.29, 0.717) is 25.0 Å². The van der Waals surface area contributed by atoms with Crippen LogP contribution in [0.4, 0.5) is 5.69 Å². The average Bonchev–Trinajstić information content (AvgIpc) is 2.77. The Morgan fingerprint density at radius 3 is 2.53 bits per heavy atom. The van der Waals surface area contributed by atoms with Crippen molar-refractivity contribution in [2.45, 2.75) is 52.7 Å². The van der Waals surface area contributed by atoms with Crippen LogP contribution in [-0.4, -0.2) is 86.7 Å². The zero-order valence-electron chi connectivity index (χ0n) is 20.5. The molecule has 1 aromatic rings. The summed E-state index contributed by atoms with van der Waals surface area (Å²) in [6, 6.07) is 8.97. The number of rotatable bonds is 11. The van der Waals surface area contributed by atoms with E-state index >= 15 is 0 Å². The van der Waals surface area contributed by atoms with Crippen molar-refractivity contribution in [2.75, 3.05) is 58.3 Å². The highest BCUT2D eigenvalue weighted by molar-refractivity contribution is 5.90. The summed E-state index contributed by atoms with van der Waals surface area (Å²) in [4.78, 5) is 21.4. The van der Waals surface area contributed by atoms with Crippen molar-refractivity contribution in [1.82, 2.24) is 20.4 Å². The summed E-state index contributed by atoms with van der Waals surface area (Å²) in [5.41, 5.74) is 1.91. The van der Waals surface area contributed by atoms with E-state index in [-0.39, 0.29) is 5.91 Å². The van der Waals surface area contributed by atoms with Crippen LogP contribution < -0.4 is 16.0 Å². The summed E-state index contributed by atoms with van der Waals surface area (Å²) in [5, 5.41) is 9.76. The molecule has 0 bridgehead atoms. The van der Waals surface area contributed by atoms with Crippen LogP contribution in [0.15, 0.2) is 29.3 Å². The van der Waals surface area contributed by atoms with Gasteiger partial charge >= 0.3 is 0 Å². The average molecular weight is 447 g/mol. The second kappa shape index (κ2) is 14.1. The van der Waals surface area contributed by atoms with Crippen molar-refractivity contribution in [3.05, 3.63) is 29.8 Å². The number of hydrogen-bond acceptors (Lipinski definition) is 5. The largest absolute Gasteiger partial charge is 0.379 e. The molecule has 0 radical (unpaired) electrons. The van der Waals surface area contributed by atoms with Crippen LogP contribution in [0.2, 0.25) is 0 Å². The fourth-order valence-electron chi connectivity index (χ4n) is 3.89. The molecule has 1 fully saturated rings. The quantitative estimate of drug-likeness (QED) is 0.357. The van der Waals surface area contributed by atoms with Gasteiger partial charge in [-0.05, 0) is 45.4 Å². The third kappa shape index (κ3) is 9.54. The summed E-state index contributed by atoms with van der Waals surface area (Å²) in [6.07, 6.45) is 0.489. The van der Waals surface area contributed by atoms with Crippen molar-refractivity contribution < 1.29 is 9.53 Å². The normalized spacial score (nSPS) is 15.4. The highest BCUT2D eigenvalue weighted by Gasteiger charge is 2.13. The fraction of sp³-hybridized carbons (Fsp3) is 0.667. The molecule has 0 saturated carbocycles. The van der Waals surface area contributed by atoms with Crippen LogP contribution in [0.5, 0.6) is 0 Å². The van der Waals surface area contributed by atoms with Crippen LogP contribution in [0.1, 0.15) is 39.7 Å². The Bertz CT molecular complexity index is 708. The standard InChI is InChI=1S/C24H42N6O2/c1-19(2)30(20(3)4)12-10-26-24(25-5)27-18-21-7-6-8-22(17-21)28-23(31)9-11-29-13-15-32-16-14-29/h6-8,17,19-20H,9-16,18H2,1-5H3,(H,28,31)(H2,25,26,27). The van der Waals surface area contributed by atoms with Crippen LogP contribution in [0.25, 0.3) is 0 Å². The van der Waals surface area contributed by atoms with Gasteiger partial charge in [-0.2, -0.15) is 0 Å². The van der Waals surface area contributed by atoms with Crippen LogP contribution in [0.3, 0.4) is 0 Å². The van der Waals surface area contributed by atoms with E-state index in [1.54, 1.807) is 7.05 Å². The molecule has 180 valence electrons. The number of carbonyl (C=O) groups is 1. The Kier molecular flexibility index (Phi) is 11.5. The van der Waals surface area contributed by atoms with Gasteiger partial charge in [0.15, 0.2) is 5.96 Å². The van der Waals surface area contributed by atoms with E-state index in [1.165, 1.54) is 0 Å². The molecule has 0 unspecified atom stereocenters. The monoisotopic (exact) mass is 446 g/mol. The van der Waals surface area contributed by atoms with Crippen LogP contribution in [0, 0.1) is 0 Å². The number of nitrogens with zero attached hydrogens (tertiary/aromatic N) is 3. The van der Waals surface area contributed by atoms with Gasteiger partial charge in [0.1, 0.15) is 0 Å². The Balaban J connectivity index is 1.75. The topological polar surface area (TPSA) is 81.2 Å². The van der Waals surface area contributed by atoms with E-state index in [4.69, 9.17) is 4.74 Å². The third-order valence-electron chi connectivity index (χ3n) is 5.64. The lowest BCUT2D eigenvalue weighted by molar-refractivity contribution is -0.116. The molecule has 1 amide bonds. The molecule has 32 heavy (non-hydrogen) atoms. The number of hydrogen-bond donors (Lipinski definition) is 3. The molecule has 0 aromatic heterocycles. The minimum absolute atomic E-state index is 0.0407. The molecule has 1 aromatic carbocycles. The Morgan fingerprint density at radius 2 is 1.88 bits per heavy atom. The van der Waals surface area contributed by atoms with Gasteiger partial charge in [-0.3, -0.25) is 19.6 Å². The van der Waals surface area contributed by atoms with Gasteiger partial charge < -0.3 is 20.7 Å². The van der Waals surface area contributed by atoms with Crippen molar-refractivity contribution in [2.24, 2.45) is 4.99 Å². The minimum Gasteiger partial charge on any atom is -0.379 e. The van der Waals surface area contributed by atoms with Crippen LogP contribution >= 0.6 is 0 Å². The molecule has 0 spiro atoms. The molecule has 1 aliphatic rings. The smallest absolute Gasteiger partial charge is 0.225 e. The fourth-order valence-corrected chi connectivity index (χ4v) is 3.89. The predicted octanol–water partition coefficient (Wildman–Crippen LogP) is 2.13. The van der Waals surface area contributed by atoms with E-state index in [9.17, 15) is 4.79 Å². The van der Waals surface area contributed by atoms with E-state index in [0.717, 1.165) is 63.1 Å². The molecule has 3 N–H and O–H groups in total. The Labute approximate surface area is 193 Å². The maximum atomic E-state index is 12.3. The number of amides is 1. The number of aliphatic imine (C=N–C) groups is 1. The van der Waals surface area contributed by atoms with Crippen molar-refractivity contribution in [3.8, 4) is 0 Å². The van der Waals surface area contributed by atoms with Gasteiger partial charge in [0.25, 0.3) is 0 Å². The zero-order chi connectivity index (χ0) is 23.3. The Morgan fingerprint density at radius 1 is 1.16 bits per heavy atom. The van der Waals surface area contributed by atoms with Crippen molar-refractivity contribution >= 4 is 17.6 Å². The number of guanidine groups is 1. The highest BCUT2D eigenvalue weighted by atomic mass is 16.5. The van der Waals surface area contributed by atoms with Gasteiger partial charge in [0.05, 0.1) is 13.2 Å². The molecule has 1 aliphatic heterocycles. The molecule has 0 aliphatic carbocycles. The second-order valence-electron chi connectivity index (χ2n) is 8.73. The zero-order valence-corrected chi connectivity index (χ0v) is 20.5. The molecule has 2 rings (SSSR count). The number of morpholine rings is 1. The summed E-state index contributed by atoms with van der Waals surface area (Å²) < 4.78 is 5.35. The summed E-state index contributed by atoms with van der Waals surface area (Å²) in [5.74, 6) is 0.816. The molecular weight excluding hydrogens is 404 g/mol.